The zero-order chi connectivity index (χ0) is 36.9. The zero-order valence-corrected chi connectivity index (χ0v) is 26.1. The number of rotatable bonds is 6. The second-order valence-electron chi connectivity index (χ2n) is 11.7. The highest BCUT2D eigenvalue weighted by molar-refractivity contribution is 6.12. The van der Waals surface area contributed by atoms with Crippen LogP contribution < -0.4 is 0 Å². The first kappa shape index (κ1) is 23.6. The van der Waals surface area contributed by atoms with E-state index in [1.807, 2.05) is 121 Å². The van der Waals surface area contributed by atoms with Crippen molar-refractivity contribution in [2.75, 3.05) is 0 Å². The lowest BCUT2D eigenvalue weighted by molar-refractivity contribution is 0.670. The van der Waals surface area contributed by atoms with Crippen LogP contribution in [0.2, 0.25) is 0 Å². The Bertz CT molecular complexity index is 2780. The minimum absolute atomic E-state index is 0.0745. The minimum atomic E-state index is -0.450. The predicted molar refractivity (Wildman–Crippen MR) is 200 cm³/mol. The molecule has 2 aromatic heterocycles. The van der Waals surface area contributed by atoms with Crippen LogP contribution in [0.25, 0.3) is 89.5 Å². The highest BCUT2D eigenvalue weighted by atomic mass is 16.3. The van der Waals surface area contributed by atoms with Gasteiger partial charge in [-0.25, -0.2) is 15.0 Å². The Morgan fingerprint density at radius 2 is 0.878 bits per heavy atom. The Balaban J connectivity index is 1.25. The molecule has 2 heterocycles. The van der Waals surface area contributed by atoms with E-state index in [2.05, 4.69) is 24.3 Å². The Morgan fingerprint density at radius 3 is 1.47 bits per heavy atom. The molecule has 0 fully saturated rings. The summed E-state index contributed by atoms with van der Waals surface area (Å²) in [7, 11) is 0. The van der Waals surface area contributed by atoms with Gasteiger partial charge < -0.3 is 4.42 Å². The van der Waals surface area contributed by atoms with Gasteiger partial charge in [0.25, 0.3) is 0 Å². The predicted octanol–water partition coefficient (Wildman–Crippen LogP) is 11.8. The Kier molecular flexibility index (Phi) is 5.87. The fourth-order valence-corrected chi connectivity index (χ4v) is 6.18. The molecular formula is C45H29N3O. The molecule has 0 saturated carbocycles. The van der Waals surface area contributed by atoms with E-state index in [1.54, 1.807) is 0 Å². The lowest BCUT2D eigenvalue weighted by atomic mass is 9.94. The van der Waals surface area contributed by atoms with Crippen LogP contribution in [0, 0.1) is 0 Å². The molecule has 49 heavy (non-hydrogen) atoms. The van der Waals surface area contributed by atoms with Crippen molar-refractivity contribution in [1.29, 1.82) is 0 Å². The molecule has 4 nitrogen and oxygen atoms in total. The maximum absolute atomic E-state index is 8.87. The molecule has 0 aliphatic carbocycles. The fraction of sp³-hybridized carbons (Fsp3) is 0. The van der Waals surface area contributed by atoms with Crippen LogP contribution >= 0.6 is 0 Å². The van der Waals surface area contributed by atoms with Crippen molar-refractivity contribution >= 4 is 21.9 Å². The summed E-state index contributed by atoms with van der Waals surface area (Å²) < 4.78 is 49.5. The molecule has 0 amide bonds. The summed E-state index contributed by atoms with van der Waals surface area (Å²) in [6.07, 6.45) is 0. The van der Waals surface area contributed by atoms with Gasteiger partial charge in [0, 0.05) is 33.0 Å². The molecule has 0 saturated heterocycles. The van der Waals surface area contributed by atoms with E-state index in [-0.39, 0.29) is 17.6 Å². The van der Waals surface area contributed by atoms with Crippen molar-refractivity contribution in [3.05, 3.63) is 176 Å². The van der Waals surface area contributed by atoms with Crippen LogP contribution in [0.5, 0.6) is 0 Å². The Morgan fingerprint density at radius 1 is 0.388 bits per heavy atom. The first-order valence-corrected chi connectivity index (χ1v) is 15.9. The van der Waals surface area contributed by atoms with Gasteiger partial charge in [0.1, 0.15) is 11.2 Å². The van der Waals surface area contributed by atoms with E-state index in [1.165, 1.54) is 0 Å². The van der Waals surface area contributed by atoms with Gasteiger partial charge in [0.2, 0.25) is 0 Å². The monoisotopic (exact) mass is 632 g/mol. The van der Waals surface area contributed by atoms with Gasteiger partial charge in [-0.3, -0.25) is 0 Å². The van der Waals surface area contributed by atoms with Crippen LogP contribution in [-0.2, 0) is 0 Å². The molecule has 4 heteroatoms. The third-order valence-corrected chi connectivity index (χ3v) is 8.63. The van der Waals surface area contributed by atoms with E-state index in [0.717, 1.165) is 44.2 Å². The van der Waals surface area contributed by atoms with Crippen LogP contribution in [0.1, 0.15) is 6.85 Å². The van der Waals surface area contributed by atoms with Crippen LogP contribution in [0.3, 0.4) is 0 Å². The summed E-state index contributed by atoms with van der Waals surface area (Å²) in [5.74, 6) is 1.54. The smallest absolute Gasteiger partial charge is 0.164 e. The number of fused-ring (bicyclic) bond motifs is 3. The second-order valence-corrected chi connectivity index (χ2v) is 11.7. The quantitative estimate of drug-likeness (QED) is 0.183. The van der Waals surface area contributed by atoms with Crippen molar-refractivity contribution in [3.8, 4) is 67.5 Å². The van der Waals surface area contributed by atoms with Crippen LogP contribution in [0.15, 0.2) is 180 Å². The highest BCUT2D eigenvalue weighted by Gasteiger charge is 2.18. The van der Waals surface area contributed by atoms with Gasteiger partial charge in [0.05, 0.1) is 6.85 Å². The molecule has 9 rings (SSSR count). The molecule has 0 aliphatic rings. The van der Waals surface area contributed by atoms with Gasteiger partial charge in [-0.15, -0.1) is 0 Å². The first-order chi connectivity index (χ1) is 26.3. The highest BCUT2D eigenvalue weighted by Crippen LogP contribution is 2.41. The minimum Gasteiger partial charge on any atom is -0.455 e. The largest absolute Gasteiger partial charge is 0.455 e. The summed E-state index contributed by atoms with van der Waals surface area (Å²) in [5, 5.41) is 1.54. The van der Waals surface area contributed by atoms with Crippen molar-refractivity contribution in [2.45, 2.75) is 0 Å². The van der Waals surface area contributed by atoms with E-state index < -0.39 is 18.1 Å². The zero-order valence-electron chi connectivity index (χ0n) is 31.1. The number of hydrogen-bond donors (Lipinski definition) is 0. The molecule has 0 N–H and O–H groups in total. The summed E-state index contributed by atoms with van der Waals surface area (Å²) in [4.78, 5) is 14.6. The number of nitrogens with zero attached hydrogens (tertiary/aromatic N) is 3. The maximum atomic E-state index is 8.87. The molecule has 0 aliphatic heterocycles. The number of aromatic nitrogens is 3. The molecular weight excluding hydrogens is 599 g/mol. The van der Waals surface area contributed by atoms with Crippen LogP contribution in [-0.4, -0.2) is 15.0 Å². The van der Waals surface area contributed by atoms with E-state index in [4.69, 9.17) is 26.2 Å². The van der Waals surface area contributed by atoms with E-state index >= 15 is 0 Å². The average molecular weight is 633 g/mol. The van der Waals surface area contributed by atoms with E-state index in [9.17, 15) is 0 Å². The van der Waals surface area contributed by atoms with E-state index in [0.29, 0.717) is 39.8 Å². The fourth-order valence-electron chi connectivity index (χ4n) is 6.18. The summed E-state index contributed by atoms with van der Waals surface area (Å²) in [6.45, 7) is 0. The van der Waals surface area contributed by atoms with Gasteiger partial charge in [-0.1, -0.05) is 152 Å². The topological polar surface area (TPSA) is 51.8 Å². The molecule has 0 unspecified atom stereocenters. The molecule has 0 spiro atoms. The molecule has 0 atom stereocenters. The Labute approximate surface area is 291 Å². The lowest BCUT2D eigenvalue weighted by Crippen LogP contribution is -2.00. The standard InChI is InChI=1S/C45H29N3O/c1-5-13-30(14-6-1)31-21-23-32(24-22-31)37-27-39(33-15-7-2-8-16-33)42-40(28-37)38-26-25-36(29-41(38)49-42)45-47-43(34-17-9-3-10-18-34)46-44(48-45)35-19-11-4-12-20-35/h1-29H/i2D,7D,8D,15D,16D. The normalized spacial score (nSPS) is 12.7. The first-order valence-electron chi connectivity index (χ1n) is 18.4. The maximum Gasteiger partial charge on any atom is 0.164 e. The summed E-state index contributed by atoms with van der Waals surface area (Å²) in [6, 6.07) is 45.6. The average Bonchev–Trinajstić information content (AvgIpc) is 3.61. The third kappa shape index (κ3) is 5.45. The molecule has 9 aromatic rings. The second kappa shape index (κ2) is 12.2. The molecule has 0 radical (unpaired) electrons. The number of hydrogen-bond acceptors (Lipinski definition) is 4. The van der Waals surface area contributed by atoms with Gasteiger partial charge in [-0.2, -0.15) is 0 Å². The summed E-state index contributed by atoms with van der Waals surface area (Å²) in [5.41, 5.74) is 7.74. The van der Waals surface area contributed by atoms with Gasteiger partial charge in [0.15, 0.2) is 17.5 Å². The van der Waals surface area contributed by atoms with Crippen molar-refractivity contribution in [3.63, 3.8) is 0 Å². The summed E-state index contributed by atoms with van der Waals surface area (Å²) >= 11 is 0. The Hall–Kier alpha value is -6.65. The number of benzene rings is 7. The lowest BCUT2D eigenvalue weighted by Gasteiger charge is -2.09. The van der Waals surface area contributed by atoms with Crippen molar-refractivity contribution < 1.29 is 11.3 Å². The van der Waals surface area contributed by atoms with Gasteiger partial charge in [-0.05, 0) is 52.1 Å². The van der Waals surface area contributed by atoms with Crippen molar-refractivity contribution in [1.82, 2.24) is 15.0 Å². The molecule has 0 bridgehead atoms. The van der Waals surface area contributed by atoms with Crippen molar-refractivity contribution in [2.24, 2.45) is 0 Å². The van der Waals surface area contributed by atoms with Gasteiger partial charge >= 0.3 is 0 Å². The molecule has 7 aromatic carbocycles. The third-order valence-electron chi connectivity index (χ3n) is 8.63. The number of furan rings is 1. The SMILES string of the molecule is [2H]c1c([2H])c([2H])c(-c2cc(-c3ccc(-c4ccccc4)cc3)cc3c2oc2cc(-c4nc(-c5ccccc5)nc(-c5ccccc5)n4)ccc23)c([2H])c1[2H]. The molecule has 230 valence electrons. The van der Waals surface area contributed by atoms with Crippen LogP contribution in [0.4, 0.5) is 0 Å².